The molecule has 0 aliphatic carbocycles. The van der Waals surface area contributed by atoms with Crippen LogP contribution in [0, 0.1) is 5.82 Å². The number of carbonyl (C=O) groups excluding carboxylic acids is 1. The van der Waals surface area contributed by atoms with Gasteiger partial charge < -0.3 is 10.0 Å². The first kappa shape index (κ1) is 23.9. The predicted octanol–water partition coefficient (Wildman–Crippen LogP) is 2.78. The fraction of sp³-hybridized carbons (Fsp3) is 0.364. The molecule has 34 heavy (non-hydrogen) atoms. The van der Waals surface area contributed by atoms with Crippen molar-refractivity contribution in [2.24, 2.45) is 0 Å². The standard InChI is InChI=1S/C22H25F2N5O4S/c1-3-8-27(2)34(32,33)26-22(31)19-11-25-21-7-5-16(13-29(19)21)28-12-15(24)10-18(28)17-9-14(23)4-6-20(17)30/h4-7,9,11,13,15,18,30H,3,8,10,12H2,1-2H3,(H,26,31)/t15-,18+/m0/s1. The number of fused-ring (bicyclic) bond motifs is 1. The van der Waals surface area contributed by atoms with Gasteiger partial charge in [0, 0.05) is 38.3 Å². The highest BCUT2D eigenvalue weighted by atomic mass is 32.2. The molecule has 3 aromatic rings. The smallest absolute Gasteiger partial charge is 0.303 e. The van der Waals surface area contributed by atoms with Gasteiger partial charge in [-0.05, 0) is 36.8 Å². The Morgan fingerprint density at radius 1 is 1.32 bits per heavy atom. The lowest BCUT2D eigenvalue weighted by Crippen LogP contribution is -2.42. The molecule has 2 aromatic heterocycles. The lowest BCUT2D eigenvalue weighted by Gasteiger charge is -2.27. The maximum Gasteiger partial charge on any atom is 0.303 e. The van der Waals surface area contributed by atoms with Crippen molar-refractivity contribution >= 4 is 27.5 Å². The molecule has 0 radical (unpaired) electrons. The molecule has 1 aromatic carbocycles. The number of hydrogen-bond donors (Lipinski definition) is 2. The highest BCUT2D eigenvalue weighted by Crippen LogP contribution is 2.41. The number of anilines is 1. The van der Waals surface area contributed by atoms with Crippen LogP contribution < -0.4 is 9.62 Å². The van der Waals surface area contributed by atoms with Crippen molar-refractivity contribution in [2.75, 3.05) is 25.0 Å². The Morgan fingerprint density at radius 3 is 2.82 bits per heavy atom. The minimum Gasteiger partial charge on any atom is -0.508 e. The van der Waals surface area contributed by atoms with E-state index in [1.807, 2.05) is 11.6 Å². The minimum absolute atomic E-state index is 0.00144. The molecule has 2 N–H and O–H groups in total. The largest absolute Gasteiger partial charge is 0.508 e. The summed E-state index contributed by atoms with van der Waals surface area (Å²) < 4.78 is 57.6. The molecule has 1 aliphatic rings. The molecule has 0 unspecified atom stereocenters. The Kier molecular flexibility index (Phi) is 6.45. The number of aromatic hydroxyl groups is 1. The number of rotatable bonds is 7. The first-order chi connectivity index (χ1) is 16.1. The van der Waals surface area contributed by atoms with Crippen LogP contribution in [0.25, 0.3) is 5.65 Å². The van der Waals surface area contributed by atoms with E-state index in [-0.39, 0.29) is 36.5 Å². The zero-order valence-electron chi connectivity index (χ0n) is 18.6. The Morgan fingerprint density at radius 2 is 2.09 bits per heavy atom. The normalized spacial score (nSPS) is 18.7. The maximum absolute atomic E-state index is 14.4. The molecule has 4 rings (SSSR count). The number of carbonyl (C=O) groups is 1. The van der Waals surface area contributed by atoms with Crippen LogP contribution in [-0.4, -0.2) is 59.4 Å². The summed E-state index contributed by atoms with van der Waals surface area (Å²) in [6.07, 6.45) is 2.21. The van der Waals surface area contributed by atoms with Gasteiger partial charge >= 0.3 is 10.2 Å². The molecular formula is C22H25F2N5O4S. The zero-order valence-corrected chi connectivity index (χ0v) is 19.5. The predicted molar refractivity (Wildman–Crippen MR) is 122 cm³/mol. The zero-order chi connectivity index (χ0) is 24.6. The molecular weight excluding hydrogens is 468 g/mol. The van der Waals surface area contributed by atoms with Crippen molar-refractivity contribution < 1.29 is 27.1 Å². The van der Waals surface area contributed by atoms with E-state index in [4.69, 9.17) is 0 Å². The molecule has 9 nitrogen and oxygen atoms in total. The van der Waals surface area contributed by atoms with Crippen molar-refractivity contribution in [3.05, 3.63) is 59.8 Å². The molecule has 2 atom stereocenters. The second-order valence-corrected chi connectivity index (χ2v) is 10.00. The number of phenols is 1. The van der Waals surface area contributed by atoms with Gasteiger partial charge in [-0.3, -0.25) is 9.20 Å². The molecule has 182 valence electrons. The fourth-order valence-electron chi connectivity index (χ4n) is 4.15. The Labute approximate surface area is 195 Å². The lowest BCUT2D eigenvalue weighted by atomic mass is 10.0. The van der Waals surface area contributed by atoms with Crippen LogP contribution in [0.3, 0.4) is 0 Å². The summed E-state index contributed by atoms with van der Waals surface area (Å²) in [6.45, 7) is 2.06. The van der Waals surface area contributed by atoms with Crippen LogP contribution in [0.15, 0.2) is 42.7 Å². The van der Waals surface area contributed by atoms with Crippen molar-refractivity contribution in [3.8, 4) is 5.75 Å². The molecule has 0 saturated carbocycles. The average Bonchev–Trinajstić information content (AvgIpc) is 3.38. The number of benzene rings is 1. The van der Waals surface area contributed by atoms with E-state index in [2.05, 4.69) is 4.98 Å². The van der Waals surface area contributed by atoms with Crippen molar-refractivity contribution in [2.45, 2.75) is 32.0 Å². The molecule has 1 saturated heterocycles. The Hall–Kier alpha value is -3.25. The van der Waals surface area contributed by atoms with E-state index >= 15 is 0 Å². The van der Waals surface area contributed by atoms with Gasteiger partial charge in [0.1, 0.15) is 29.1 Å². The molecule has 1 aliphatic heterocycles. The van der Waals surface area contributed by atoms with Gasteiger partial charge in [0.05, 0.1) is 17.9 Å². The highest BCUT2D eigenvalue weighted by Gasteiger charge is 2.35. The van der Waals surface area contributed by atoms with E-state index in [1.165, 1.54) is 29.8 Å². The van der Waals surface area contributed by atoms with Crippen molar-refractivity contribution in [1.29, 1.82) is 0 Å². The van der Waals surface area contributed by atoms with Gasteiger partial charge in [0.15, 0.2) is 0 Å². The number of aromatic nitrogens is 2. The van der Waals surface area contributed by atoms with Gasteiger partial charge in [0.25, 0.3) is 5.91 Å². The SMILES string of the molecule is CCCN(C)S(=O)(=O)NC(=O)c1cnc2ccc(N3C[C@@H](F)C[C@@H]3c3cc(F)ccc3O)cn12. The van der Waals surface area contributed by atoms with E-state index in [1.54, 1.807) is 23.2 Å². The van der Waals surface area contributed by atoms with E-state index in [9.17, 15) is 27.1 Å². The summed E-state index contributed by atoms with van der Waals surface area (Å²) in [5.41, 5.74) is 1.12. The summed E-state index contributed by atoms with van der Waals surface area (Å²) in [5.74, 6) is -1.55. The van der Waals surface area contributed by atoms with Crippen LogP contribution in [0.1, 0.15) is 41.9 Å². The number of alkyl halides is 1. The second-order valence-electron chi connectivity index (χ2n) is 8.22. The monoisotopic (exact) mass is 493 g/mol. The topological polar surface area (TPSA) is 107 Å². The molecule has 0 spiro atoms. The molecule has 3 heterocycles. The lowest BCUT2D eigenvalue weighted by molar-refractivity contribution is 0.0973. The number of halogens is 2. The van der Waals surface area contributed by atoms with Gasteiger partial charge in [-0.2, -0.15) is 12.7 Å². The van der Waals surface area contributed by atoms with Crippen molar-refractivity contribution in [3.63, 3.8) is 0 Å². The summed E-state index contributed by atoms with van der Waals surface area (Å²) in [5, 5.41) is 10.2. The molecule has 1 amide bonds. The number of nitrogens with zero attached hydrogens (tertiary/aromatic N) is 4. The third-order valence-corrected chi connectivity index (χ3v) is 7.27. The third kappa shape index (κ3) is 4.55. The van der Waals surface area contributed by atoms with Crippen LogP contribution in [0.4, 0.5) is 14.5 Å². The summed E-state index contributed by atoms with van der Waals surface area (Å²) >= 11 is 0. The third-order valence-electron chi connectivity index (χ3n) is 5.82. The number of pyridine rings is 1. The first-order valence-electron chi connectivity index (χ1n) is 10.8. The number of nitrogens with one attached hydrogen (secondary N) is 1. The van der Waals surface area contributed by atoms with E-state index < -0.39 is 34.1 Å². The van der Waals surface area contributed by atoms with Crippen LogP contribution in [0.2, 0.25) is 0 Å². The van der Waals surface area contributed by atoms with Crippen LogP contribution >= 0.6 is 0 Å². The van der Waals surface area contributed by atoms with Crippen LogP contribution in [0.5, 0.6) is 5.75 Å². The van der Waals surface area contributed by atoms with Gasteiger partial charge in [0.2, 0.25) is 0 Å². The number of amides is 1. The van der Waals surface area contributed by atoms with Gasteiger partial charge in [-0.25, -0.2) is 18.5 Å². The van der Waals surface area contributed by atoms with Gasteiger partial charge in [-0.1, -0.05) is 6.92 Å². The number of imidazole rings is 1. The second kappa shape index (κ2) is 9.18. The minimum atomic E-state index is -4.03. The number of hydrogen-bond acceptors (Lipinski definition) is 6. The first-order valence-corrected chi connectivity index (χ1v) is 12.2. The average molecular weight is 494 g/mol. The fourth-order valence-corrected chi connectivity index (χ4v) is 5.06. The van der Waals surface area contributed by atoms with Crippen molar-refractivity contribution in [1.82, 2.24) is 18.4 Å². The maximum atomic E-state index is 14.4. The summed E-state index contributed by atoms with van der Waals surface area (Å²) in [6, 6.07) is 6.18. The quantitative estimate of drug-likeness (QED) is 0.524. The van der Waals surface area contributed by atoms with Crippen LogP contribution in [-0.2, 0) is 10.2 Å². The Bertz CT molecular complexity index is 1330. The van der Waals surface area contributed by atoms with Gasteiger partial charge in [-0.15, -0.1) is 0 Å². The molecule has 12 heteroatoms. The molecule has 1 fully saturated rings. The summed E-state index contributed by atoms with van der Waals surface area (Å²) in [4.78, 5) is 18.6. The molecule has 0 bridgehead atoms. The number of phenolic OH excluding ortho intramolecular Hbond substituents is 1. The summed E-state index contributed by atoms with van der Waals surface area (Å²) in [7, 11) is -2.66. The Balaban J connectivity index is 1.68. The van der Waals surface area contributed by atoms with E-state index in [0.29, 0.717) is 17.8 Å². The van der Waals surface area contributed by atoms with E-state index in [0.717, 1.165) is 10.4 Å². The highest BCUT2D eigenvalue weighted by molar-refractivity contribution is 7.87.